The summed E-state index contributed by atoms with van der Waals surface area (Å²) in [5.41, 5.74) is 0.529. The van der Waals surface area contributed by atoms with Crippen molar-refractivity contribution in [1.29, 1.82) is 0 Å². The number of rotatable bonds is 7. The molecule has 0 spiro atoms. The fraction of sp³-hybridized carbons (Fsp3) is 0.462. The molecule has 0 saturated heterocycles. The normalized spacial score (nSPS) is 12.5. The van der Waals surface area contributed by atoms with Crippen LogP contribution in [0.5, 0.6) is 0 Å². The molecule has 114 valence electrons. The quantitative estimate of drug-likeness (QED) is 0.636. The van der Waals surface area contributed by atoms with Crippen molar-refractivity contribution in [2.24, 2.45) is 0 Å². The monoisotopic (exact) mass is 310 g/mol. The SMILES string of the molecule is COCCNC(=O)C(C)NCc1nc2ccsc2c(=O)[nH]1. The van der Waals surface area contributed by atoms with Crippen LogP contribution in [-0.2, 0) is 16.1 Å². The second-order valence-electron chi connectivity index (χ2n) is 4.53. The summed E-state index contributed by atoms with van der Waals surface area (Å²) in [6.45, 7) is 3.02. The largest absolute Gasteiger partial charge is 0.383 e. The second kappa shape index (κ2) is 7.30. The number of H-pyrrole nitrogens is 1. The molecule has 0 aliphatic heterocycles. The molecular weight excluding hydrogens is 292 g/mol. The molecule has 2 heterocycles. The maximum Gasteiger partial charge on any atom is 0.268 e. The third-order valence-corrected chi connectivity index (χ3v) is 3.84. The first-order valence-electron chi connectivity index (χ1n) is 6.58. The number of aromatic nitrogens is 2. The Morgan fingerprint density at radius 2 is 2.38 bits per heavy atom. The van der Waals surface area contributed by atoms with Gasteiger partial charge in [-0.1, -0.05) is 0 Å². The van der Waals surface area contributed by atoms with Crippen LogP contribution in [0.15, 0.2) is 16.2 Å². The van der Waals surface area contributed by atoms with Gasteiger partial charge < -0.3 is 15.0 Å². The molecule has 0 aliphatic carbocycles. The topological polar surface area (TPSA) is 96.1 Å². The summed E-state index contributed by atoms with van der Waals surface area (Å²) < 4.78 is 5.48. The van der Waals surface area contributed by atoms with E-state index in [1.54, 1.807) is 20.1 Å². The van der Waals surface area contributed by atoms with E-state index in [4.69, 9.17) is 4.74 Å². The number of thiophene rings is 1. The Kier molecular flexibility index (Phi) is 5.43. The predicted molar refractivity (Wildman–Crippen MR) is 81.4 cm³/mol. The Bertz CT molecular complexity index is 667. The third kappa shape index (κ3) is 4.10. The smallest absolute Gasteiger partial charge is 0.268 e. The number of nitrogens with one attached hydrogen (secondary N) is 3. The fourth-order valence-electron chi connectivity index (χ4n) is 1.78. The van der Waals surface area contributed by atoms with E-state index in [9.17, 15) is 9.59 Å². The van der Waals surface area contributed by atoms with Crippen LogP contribution < -0.4 is 16.2 Å². The summed E-state index contributed by atoms with van der Waals surface area (Å²) in [6.07, 6.45) is 0. The molecule has 2 rings (SSSR count). The van der Waals surface area contributed by atoms with E-state index in [1.807, 2.05) is 5.38 Å². The van der Waals surface area contributed by atoms with Gasteiger partial charge in [-0.15, -0.1) is 11.3 Å². The summed E-state index contributed by atoms with van der Waals surface area (Å²) in [6, 6.07) is 1.42. The fourth-order valence-corrected chi connectivity index (χ4v) is 2.50. The molecule has 0 aromatic carbocycles. The van der Waals surface area contributed by atoms with Crippen molar-refractivity contribution >= 4 is 27.5 Å². The van der Waals surface area contributed by atoms with Crippen LogP contribution in [0.3, 0.4) is 0 Å². The molecule has 1 amide bonds. The number of carbonyl (C=O) groups is 1. The molecule has 0 saturated carbocycles. The van der Waals surface area contributed by atoms with Crippen LogP contribution in [0.4, 0.5) is 0 Å². The number of methoxy groups -OCH3 is 1. The highest BCUT2D eigenvalue weighted by Gasteiger charge is 2.12. The van der Waals surface area contributed by atoms with Crippen LogP contribution in [0, 0.1) is 0 Å². The minimum absolute atomic E-state index is 0.119. The van der Waals surface area contributed by atoms with Crippen molar-refractivity contribution in [2.75, 3.05) is 20.3 Å². The summed E-state index contributed by atoms with van der Waals surface area (Å²) in [5, 5.41) is 7.60. The number of aromatic amines is 1. The number of hydrogen-bond donors (Lipinski definition) is 3. The van der Waals surface area contributed by atoms with Gasteiger partial charge in [0.15, 0.2) is 0 Å². The standard InChI is InChI=1S/C13H18N4O3S/c1-8(12(18)14-4-5-20-2)15-7-10-16-9-3-6-21-11(9)13(19)17-10/h3,6,8,15H,4-5,7H2,1-2H3,(H,14,18)(H,16,17,19). The van der Waals surface area contributed by atoms with E-state index in [2.05, 4.69) is 20.6 Å². The van der Waals surface area contributed by atoms with Gasteiger partial charge in [0.05, 0.1) is 24.7 Å². The maximum absolute atomic E-state index is 11.8. The molecule has 0 fully saturated rings. The van der Waals surface area contributed by atoms with Gasteiger partial charge in [-0.2, -0.15) is 0 Å². The molecule has 1 unspecified atom stereocenters. The molecule has 1 atom stereocenters. The number of fused-ring (bicyclic) bond motifs is 1. The lowest BCUT2D eigenvalue weighted by molar-refractivity contribution is -0.123. The first-order valence-corrected chi connectivity index (χ1v) is 7.46. The van der Waals surface area contributed by atoms with E-state index in [-0.39, 0.29) is 17.5 Å². The summed E-state index contributed by atoms with van der Waals surface area (Å²) in [5.74, 6) is 0.397. The lowest BCUT2D eigenvalue weighted by Gasteiger charge is -2.13. The molecule has 21 heavy (non-hydrogen) atoms. The van der Waals surface area contributed by atoms with Crippen molar-refractivity contribution in [3.05, 3.63) is 27.6 Å². The first kappa shape index (κ1) is 15.6. The number of ether oxygens (including phenoxy) is 1. The molecule has 0 aliphatic rings. The molecule has 2 aromatic heterocycles. The zero-order valence-corrected chi connectivity index (χ0v) is 12.8. The molecule has 0 bridgehead atoms. The summed E-state index contributed by atoms with van der Waals surface area (Å²) in [7, 11) is 1.58. The highest BCUT2D eigenvalue weighted by Crippen LogP contribution is 2.13. The van der Waals surface area contributed by atoms with Crippen molar-refractivity contribution < 1.29 is 9.53 Å². The third-order valence-electron chi connectivity index (χ3n) is 2.94. The first-order chi connectivity index (χ1) is 10.1. The van der Waals surface area contributed by atoms with Gasteiger partial charge in [0.2, 0.25) is 5.91 Å². The van der Waals surface area contributed by atoms with Gasteiger partial charge in [-0.3, -0.25) is 14.9 Å². The molecule has 3 N–H and O–H groups in total. The average molecular weight is 310 g/mol. The molecule has 0 radical (unpaired) electrons. The van der Waals surface area contributed by atoms with E-state index in [0.29, 0.717) is 35.7 Å². The van der Waals surface area contributed by atoms with Gasteiger partial charge in [0.1, 0.15) is 10.5 Å². The Morgan fingerprint density at radius 3 is 3.14 bits per heavy atom. The van der Waals surface area contributed by atoms with Crippen molar-refractivity contribution in [2.45, 2.75) is 19.5 Å². The van der Waals surface area contributed by atoms with Gasteiger partial charge in [-0.05, 0) is 18.4 Å². The highest BCUT2D eigenvalue weighted by atomic mass is 32.1. The average Bonchev–Trinajstić information content (AvgIpc) is 2.93. The Balaban J connectivity index is 1.91. The zero-order chi connectivity index (χ0) is 15.2. The van der Waals surface area contributed by atoms with E-state index < -0.39 is 0 Å². The van der Waals surface area contributed by atoms with Gasteiger partial charge in [-0.25, -0.2) is 4.98 Å². The van der Waals surface area contributed by atoms with Crippen LogP contribution in [0.1, 0.15) is 12.7 Å². The molecular formula is C13H18N4O3S. The molecule has 2 aromatic rings. The number of carbonyl (C=O) groups excluding carboxylic acids is 1. The van der Waals surface area contributed by atoms with Crippen LogP contribution in [0.25, 0.3) is 10.2 Å². The predicted octanol–water partition coefficient (Wildman–Crippen LogP) is 0.225. The highest BCUT2D eigenvalue weighted by molar-refractivity contribution is 7.17. The molecule has 8 heteroatoms. The minimum Gasteiger partial charge on any atom is -0.383 e. The minimum atomic E-state index is -0.384. The maximum atomic E-state index is 11.8. The summed E-state index contributed by atoms with van der Waals surface area (Å²) >= 11 is 1.36. The van der Waals surface area contributed by atoms with E-state index in [1.165, 1.54) is 11.3 Å². The number of hydrogen-bond acceptors (Lipinski definition) is 6. The number of amides is 1. The molecule has 7 nitrogen and oxygen atoms in total. The van der Waals surface area contributed by atoms with E-state index >= 15 is 0 Å². The Hall–Kier alpha value is -1.77. The Morgan fingerprint density at radius 1 is 1.57 bits per heavy atom. The van der Waals surface area contributed by atoms with Crippen LogP contribution in [-0.4, -0.2) is 42.2 Å². The lowest BCUT2D eigenvalue weighted by atomic mass is 10.3. The van der Waals surface area contributed by atoms with Crippen molar-refractivity contribution in [1.82, 2.24) is 20.6 Å². The van der Waals surface area contributed by atoms with Crippen LogP contribution in [0.2, 0.25) is 0 Å². The zero-order valence-electron chi connectivity index (χ0n) is 11.9. The van der Waals surface area contributed by atoms with Crippen molar-refractivity contribution in [3.8, 4) is 0 Å². The number of nitrogens with zero attached hydrogens (tertiary/aromatic N) is 1. The van der Waals surface area contributed by atoms with Crippen LogP contribution >= 0.6 is 11.3 Å². The Labute approximate surface area is 125 Å². The summed E-state index contributed by atoms with van der Waals surface area (Å²) in [4.78, 5) is 30.6. The van der Waals surface area contributed by atoms with Gasteiger partial charge in [0, 0.05) is 13.7 Å². The van der Waals surface area contributed by atoms with Gasteiger partial charge >= 0.3 is 0 Å². The lowest BCUT2D eigenvalue weighted by Crippen LogP contribution is -2.43. The van der Waals surface area contributed by atoms with Crippen molar-refractivity contribution in [3.63, 3.8) is 0 Å². The van der Waals surface area contributed by atoms with E-state index in [0.717, 1.165) is 0 Å². The second-order valence-corrected chi connectivity index (χ2v) is 5.45. The van der Waals surface area contributed by atoms with Gasteiger partial charge in [0.25, 0.3) is 5.56 Å².